The molecule has 0 aromatic rings. The first kappa shape index (κ1) is 13.8. The Morgan fingerprint density at radius 2 is 1.72 bits per heavy atom. The summed E-state index contributed by atoms with van der Waals surface area (Å²) in [5.74, 6) is 2.35. The van der Waals surface area contributed by atoms with Crippen LogP contribution in [-0.2, 0) is 14.3 Å². The summed E-state index contributed by atoms with van der Waals surface area (Å²) in [6, 6.07) is 0. The first-order valence-corrected chi connectivity index (χ1v) is 7.03. The zero-order valence-electron chi connectivity index (χ0n) is 11.6. The summed E-state index contributed by atoms with van der Waals surface area (Å²) in [7, 11) is 3.38. The van der Waals surface area contributed by atoms with Crippen LogP contribution in [0.4, 0.5) is 0 Å². The molecule has 0 heterocycles. The average molecular weight is 255 g/mol. The van der Waals surface area contributed by atoms with Gasteiger partial charge in [-0.2, -0.15) is 0 Å². The van der Waals surface area contributed by atoms with Crippen molar-refractivity contribution in [3.63, 3.8) is 0 Å². The van der Waals surface area contributed by atoms with E-state index in [4.69, 9.17) is 9.47 Å². The molecule has 1 amide bonds. The smallest absolute Gasteiger partial charge is 0.225 e. The maximum Gasteiger partial charge on any atom is 0.225 e. The number of nitrogens with zero attached hydrogens (tertiary/aromatic N) is 1. The Morgan fingerprint density at radius 1 is 1.06 bits per heavy atom. The van der Waals surface area contributed by atoms with E-state index in [0.29, 0.717) is 25.7 Å². The Hall–Kier alpha value is -0.610. The van der Waals surface area contributed by atoms with Crippen LogP contribution in [0.5, 0.6) is 0 Å². The zero-order valence-corrected chi connectivity index (χ0v) is 11.6. The van der Waals surface area contributed by atoms with Gasteiger partial charge in [0.05, 0.1) is 6.61 Å². The molecular formula is C14H25NO3. The Kier molecular flexibility index (Phi) is 5.01. The second-order valence-electron chi connectivity index (χ2n) is 5.59. The minimum Gasteiger partial charge on any atom is -0.385 e. The van der Waals surface area contributed by atoms with Crippen molar-refractivity contribution in [3.05, 3.63) is 0 Å². The summed E-state index contributed by atoms with van der Waals surface area (Å²) >= 11 is 0. The van der Waals surface area contributed by atoms with Crippen LogP contribution in [0.1, 0.15) is 25.7 Å². The lowest BCUT2D eigenvalue weighted by atomic mass is 10.0. The van der Waals surface area contributed by atoms with Crippen molar-refractivity contribution in [2.75, 3.05) is 40.5 Å². The van der Waals surface area contributed by atoms with Gasteiger partial charge in [0.2, 0.25) is 5.91 Å². The van der Waals surface area contributed by atoms with E-state index in [-0.39, 0.29) is 5.92 Å². The van der Waals surface area contributed by atoms with Gasteiger partial charge in [-0.25, -0.2) is 0 Å². The fraction of sp³-hybridized carbons (Fsp3) is 0.929. The highest BCUT2D eigenvalue weighted by Gasteiger charge is 2.48. The molecule has 0 saturated heterocycles. The molecule has 0 aliphatic heterocycles. The fourth-order valence-electron chi connectivity index (χ4n) is 3.11. The molecule has 2 atom stereocenters. The van der Waals surface area contributed by atoms with Crippen LogP contribution >= 0.6 is 0 Å². The van der Waals surface area contributed by atoms with Crippen molar-refractivity contribution in [1.82, 2.24) is 4.90 Å². The number of carbonyl (C=O) groups is 1. The van der Waals surface area contributed by atoms with Gasteiger partial charge >= 0.3 is 0 Å². The highest BCUT2D eigenvalue weighted by Crippen LogP contribution is 2.54. The molecule has 2 unspecified atom stereocenters. The number of rotatable bonds is 8. The fourth-order valence-corrected chi connectivity index (χ4v) is 3.11. The molecule has 4 heteroatoms. The summed E-state index contributed by atoms with van der Waals surface area (Å²) in [5, 5.41) is 0. The summed E-state index contributed by atoms with van der Waals surface area (Å²) in [6.45, 7) is 2.84. The largest absolute Gasteiger partial charge is 0.385 e. The molecule has 0 bridgehead atoms. The topological polar surface area (TPSA) is 38.8 Å². The summed E-state index contributed by atoms with van der Waals surface area (Å²) in [6.07, 6.45) is 4.52. The second kappa shape index (κ2) is 6.53. The summed E-state index contributed by atoms with van der Waals surface area (Å²) in [4.78, 5) is 14.4. The van der Waals surface area contributed by atoms with Crippen LogP contribution in [-0.4, -0.2) is 51.3 Å². The maximum absolute atomic E-state index is 12.4. The van der Waals surface area contributed by atoms with Crippen LogP contribution in [0.2, 0.25) is 0 Å². The number of fused-ring (bicyclic) bond motifs is 1. The third-order valence-corrected chi connectivity index (χ3v) is 4.25. The lowest BCUT2D eigenvalue weighted by molar-refractivity contribution is -0.136. The van der Waals surface area contributed by atoms with Gasteiger partial charge in [-0.1, -0.05) is 0 Å². The van der Waals surface area contributed by atoms with E-state index in [2.05, 4.69) is 0 Å². The van der Waals surface area contributed by atoms with Crippen molar-refractivity contribution >= 4 is 5.91 Å². The predicted molar refractivity (Wildman–Crippen MR) is 69.3 cm³/mol. The number of carbonyl (C=O) groups excluding carboxylic acids is 1. The minimum atomic E-state index is 0.285. The third-order valence-electron chi connectivity index (χ3n) is 4.25. The molecule has 0 spiro atoms. The van der Waals surface area contributed by atoms with Gasteiger partial charge in [-0.05, 0) is 37.5 Å². The highest BCUT2D eigenvalue weighted by atomic mass is 16.5. The summed E-state index contributed by atoms with van der Waals surface area (Å²) in [5.41, 5.74) is 0. The molecule has 2 rings (SSSR count). The van der Waals surface area contributed by atoms with Crippen LogP contribution in [0.3, 0.4) is 0 Å². The van der Waals surface area contributed by atoms with E-state index in [1.54, 1.807) is 14.2 Å². The number of ether oxygens (including phenoxy) is 2. The number of hydrogen-bond acceptors (Lipinski definition) is 3. The number of hydrogen-bond donors (Lipinski definition) is 0. The van der Waals surface area contributed by atoms with Gasteiger partial charge in [0.25, 0.3) is 0 Å². The lowest BCUT2D eigenvalue weighted by Gasteiger charge is -2.26. The van der Waals surface area contributed by atoms with E-state index < -0.39 is 0 Å². The molecule has 2 aliphatic carbocycles. The Bertz CT molecular complexity index is 272. The summed E-state index contributed by atoms with van der Waals surface area (Å²) < 4.78 is 10.2. The number of amides is 1. The quantitative estimate of drug-likeness (QED) is 0.618. The Balaban J connectivity index is 1.79. The first-order chi connectivity index (χ1) is 8.76. The van der Waals surface area contributed by atoms with Crippen LogP contribution in [0, 0.1) is 17.8 Å². The highest BCUT2D eigenvalue weighted by molar-refractivity contribution is 5.79. The van der Waals surface area contributed by atoms with Gasteiger partial charge in [-0.3, -0.25) is 4.79 Å². The molecule has 2 aliphatic rings. The normalized spacial score (nSPS) is 29.1. The first-order valence-electron chi connectivity index (χ1n) is 7.03. The molecule has 104 valence electrons. The van der Waals surface area contributed by atoms with E-state index in [1.165, 1.54) is 6.42 Å². The van der Waals surface area contributed by atoms with Crippen LogP contribution in [0.15, 0.2) is 0 Å². The Morgan fingerprint density at radius 3 is 2.33 bits per heavy atom. The van der Waals surface area contributed by atoms with Crippen molar-refractivity contribution in [3.8, 4) is 0 Å². The van der Waals surface area contributed by atoms with Crippen molar-refractivity contribution in [2.24, 2.45) is 17.8 Å². The van der Waals surface area contributed by atoms with Crippen LogP contribution in [0.25, 0.3) is 0 Å². The zero-order chi connectivity index (χ0) is 13.0. The van der Waals surface area contributed by atoms with E-state index in [9.17, 15) is 4.79 Å². The van der Waals surface area contributed by atoms with Crippen LogP contribution < -0.4 is 0 Å². The van der Waals surface area contributed by atoms with Crippen molar-refractivity contribution in [1.29, 1.82) is 0 Å². The molecule has 0 aromatic heterocycles. The maximum atomic E-state index is 12.4. The second-order valence-corrected chi connectivity index (χ2v) is 5.59. The van der Waals surface area contributed by atoms with Gasteiger partial charge < -0.3 is 14.4 Å². The molecular weight excluding hydrogens is 230 g/mol. The predicted octanol–water partition coefficient (Wildman–Crippen LogP) is 1.54. The van der Waals surface area contributed by atoms with Crippen molar-refractivity contribution in [2.45, 2.75) is 25.7 Å². The molecule has 0 radical (unpaired) electrons. The van der Waals surface area contributed by atoms with E-state index >= 15 is 0 Å². The minimum absolute atomic E-state index is 0.285. The van der Waals surface area contributed by atoms with Gasteiger partial charge in [0, 0.05) is 39.8 Å². The van der Waals surface area contributed by atoms with Gasteiger partial charge in [0.15, 0.2) is 0 Å². The van der Waals surface area contributed by atoms with Crippen molar-refractivity contribution < 1.29 is 14.3 Å². The SMILES string of the molecule is COCCCN(CCOC)C(=O)C1CC2CC2C1. The van der Waals surface area contributed by atoms with E-state index in [0.717, 1.165) is 37.6 Å². The molecule has 2 fully saturated rings. The third kappa shape index (κ3) is 3.45. The van der Waals surface area contributed by atoms with Gasteiger partial charge in [-0.15, -0.1) is 0 Å². The molecule has 18 heavy (non-hydrogen) atoms. The molecule has 4 nitrogen and oxygen atoms in total. The molecule has 0 N–H and O–H groups in total. The number of methoxy groups -OCH3 is 2. The lowest BCUT2D eigenvalue weighted by Crippen LogP contribution is -2.39. The van der Waals surface area contributed by atoms with Gasteiger partial charge in [0.1, 0.15) is 0 Å². The molecule has 0 aromatic carbocycles. The monoisotopic (exact) mass is 255 g/mol. The average Bonchev–Trinajstić information content (AvgIpc) is 2.99. The molecule has 2 saturated carbocycles. The van der Waals surface area contributed by atoms with E-state index in [1.807, 2.05) is 4.90 Å². The Labute approximate surface area is 110 Å². The standard InChI is InChI=1S/C14H25NO3/c1-17-6-3-4-15(5-7-18-2)14(16)13-9-11-8-12(11)10-13/h11-13H,3-10H2,1-2H3.